The molecule has 0 rings (SSSR count). The van der Waals surface area contributed by atoms with Crippen LogP contribution in [0.5, 0.6) is 0 Å². The number of carbonyl (C=O) groups is 1. The predicted octanol–water partition coefficient (Wildman–Crippen LogP) is 5.24. The Balaban J connectivity index is 3.18. The normalized spacial score (nSPS) is 12.6. The Hall–Kier alpha value is -0.240. The molecule has 0 amide bonds. The van der Waals surface area contributed by atoms with Crippen LogP contribution in [0.1, 0.15) is 77.6 Å². The Bertz CT molecular complexity index is 195. The average molecular weight is 277 g/mol. The summed E-state index contributed by atoms with van der Waals surface area (Å²) in [7, 11) is 0. The molecule has 2 nitrogen and oxygen atoms in total. The molecule has 1 unspecified atom stereocenters. The van der Waals surface area contributed by atoms with E-state index in [2.05, 4.69) is 6.92 Å². The summed E-state index contributed by atoms with van der Waals surface area (Å²) in [5, 5.41) is 8.83. The van der Waals surface area contributed by atoms with Gasteiger partial charge in [-0.25, -0.2) is 0 Å². The molecule has 0 radical (unpaired) electrons. The van der Waals surface area contributed by atoms with E-state index in [1.165, 1.54) is 51.4 Å². The summed E-state index contributed by atoms with van der Waals surface area (Å²) in [6, 6.07) is 0. The lowest BCUT2D eigenvalue weighted by molar-refractivity contribution is -0.141. The molecule has 0 saturated heterocycles. The summed E-state index contributed by atoms with van der Waals surface area (Å²) < 4.78 is 0. The quantitative estimate of drug-likeness (QED) is 0.369. The average Bonchev–Trinajstić information content (AvgIpc) is 2.35. The van der Waals surface area contributed by atoms with E-state index in [0.717, 1.165) is 19.3 Å². The first kappa shape index (κ1) is 17.8. The van der Waals surface area contributed by atoms with Crippen LogP contribution in [0.3, 0.4) is 0 Å². The maximum absolute atomic E-state index is 10.7. The van der Waals surface area contributed by atoms with Crippen LogP contribution in [0.2, 0.25) is 0 Å². The molecule has 18 heavy (non-hydrogen) atoms. The van der Waals surface area contributed by atoms with Crippen molar-refractivity contribution in [1.29, 1.82) is 0 Å². The van der Waals surface area contributed by atoms with Crippen LogP contribution in [0.25, 0.3) is 0 Å². The van der Waals surface area contributed by atoms with Crippen LogP contribution in [-0.2, 0) is 4.79 Å². The van der Waals surface area contributed by atoms with Crippen molar-refractivity contribution in [1.82, 2.24) is 0 Å². The van der Waals surface area contributed by atoms with Crippen molar-refractivity contribution in [3.05, 3.63) is 0 Å². The van der Waals surface area contributed by atoms with Gasteiger partial charge in [0.05, 0.1) is 5.92 Å². The molecule has 0 saturated carbocycles. The number of hydrogen-bond acceptors (Lipinski definition) is 1. The number of aliphatic carboxylic acids is 1. The van der Waals surface area contributed by atoms with Crippen LogP contribution in [0, 0.1) is 5.92 Å². The molecule has 0 aromatic heterocycles. The Kier molecular flexibility index (Phi) is 13.0. The number of halogens is 1. The van der Waals surface area contributed by atoms with E-state index in [0.29, 0.717) is 0 Å². The largest absolute Gasteiger partial charge is 0.481 e. The highest BCUT2D eigenvalue weighted by Gasteiger charge is 2.14. The van der Waals surface area contributed by atoms with Crippen molar-refractivity contribution in [3.63, 3.8) is 0 Å². The molecule has 0 aromatic carbocycles. The van der Waals surface area contributed by atoms with Crippen LogP contribution in [0.15, 0.2) is 0 Å². The van der Waals surface area contributed by atoms with E-state index in [9.17, 15) is 4.79 Å². The monoisotopic (exact) mass is 276 g/mol. The molecule has 0 spiro atoms. The molecule has 0 aliphatic carbocycles. The molecule has 0 aromatic rings. The van der Waals surface area contributed by atoms with Crippen molar-refractivity contribution in [2.45, 2.75) is 77.6 Å². The van der Waals surface area contributed by atoms with Gasteiger partial charge in [0.1, 0.15) is 0 Å². The molecule has 3 heteroatoms. The lowest BCUT2D eigenvalue weighted by atomic mass is 10.0. The molecule has 108 valence electrons. The second-order valence-electron chi connectivity index (χ2n) is 5.16. The van der Waals surface area contributed by atoms with Crippen LogP contribution < -0.4 is 0 Å². The van der Waals surface area contributed by atoms with E-state index in [-0.39, 0.29) is 11.8 Å². The zero-order valence-electron chi connectivity index (χ0n) is 11.8. The third kappa shape index (κ3) is 10.9. The fraction of sp³-hybridized carbons (Fsp3) is 0.933. The highest BCUT2D eigenvalue weighted by Crippen LogP contribution is 2.15. The number of rotatable bonds is 13. The van der Waals surface area contributed by atoms with Gasteiger partial charge >= 0.3 is 5.97 Å². The van der Waals surface area contributed by atoms with Crippen LogP contribution in [0.4, 0.5) is 0 Å². The molecular weight excluding hydrogens is 248 g/mol. The summed E-state index contributed by atoms with van der Waals surface area (Å²) >= 11 is 5.60. The van der Waals surface area contributed by atoms with Gasteiger partial charge in [-0.2, -0.15) is 0 Å². The maximum Gasteiger partial charge on any atom is 0.307 e. The van der Waals surface area contributed by atoms with Gasteiger partial charge in [0, 0.05) is 5.88 Å². The van der Waals surface area contributed by atoms with E-state index < -0.39 is 5.97 Å². The lowest BCUT2D eigenvalue weighted by Gasteiger charge is -2.07. The van der Waals surface area contributed by atoms with Gasteiger partial charge in [0.25, 0.3) is 0 Å². The summed E-state index contributed by atoms with van der Waals surface area (Å²) in [6.07, 6.45) is 13.5. The Morgan fingerprint density at radius 2 is 1.39 bits per heavy atom. The third-order valence-corrected chi connectivity index (χ3v) is 3.81. The molecule has 0 fully saturated rings. The minimum atomic E-state index is -0.749. The van der Waals surface area contributed by atoms with E-state index in [1.54, 1.807) is 0 Å². The van der Waals surface area contributed by atoms with Gasteiger partial charge in [-0.1, -0.05) is 71.1 Å². The summed E-state index contributed by atoms with van der Waals surface area (Å²) in [6.45, 7) is 2.24. The zero-order chi connectivity index (χ0) is 13.6. The highest BCUT2D eigenvalue weighted by atomic mass is 35.5. The summed E-state index contributed by atoms with van der Waals surface area (Å²) in [5.41, 5.74) is 0. The van der Waals surface area contributed by atoms with Crippen LogP contribution >= 0.6 is 11.6 Å². The number of carboxylic acid groups (broad SMARTS) is 1. The van der Waals surface area contributed by atoms with Crippen molar-refractivity contribution in [2.24, 2.45) is 5.92 Å². The molecule has 0 aliphatic rings. The highest BCUT2D eigenvalue weighted by molar-refractivity contribution is 6.19. The standard InChI is InChI=1S/C15H29ClO2/c1-2-3-4-5-6-7-8-9-10-11-12-14(13-16)15(17)18/h14H,2-13H2,1H3,(H,17,18). The van der Waals surface area contributed by atoms with Gasteiger partial charge in [-0.05, 0) is 6.42 Å². The molecule has 0 heterocycles. The van der Waals surface area contributed by atoms with Crippen molar-refractivity contribution < 1.29 is 9.90 Å². The van der Waals surface area contributed by atoms with Gasteiger partial charge in [0.15, 0.2) is 0 Å². The van der Waals surface area contributed by atoms with Gasteiger partial charge < -0.3 is 5.11 Å². The number of carboxylic acids is 1. The Labute approximate surface area is 117 Å². The SMILES string of the molecule is CCCCCCCCCCCCC(CCl)C(=O)O. The summed E-state index contributed by atoms with van der Waals surface area (Å²) in [5.74, 6) is -0.853. The molecule has 1 atom stereocenters. The van der Waals surface area contributed by atoms with Crippen LogP contribution in [-0.4, -0.2) is 17.0 Å². The van der Waals surface area contributed by atoms with Gasteiger partial charge in [-0.3, -0.25) is 4.79 Å². The smallest absolute Gasteiger partial charge is 0.307 e. The predicted molar refractivity (Wildman–Crippen MR) is 78.3 cm³/mol. The minimum Gasteiger partial charge on any atom is -0.481 e. The third-order valence-electron chi connectivity index (χ3n) is 3.44. The number of alkyl halides is 1. The van der Waals surface area contributed by atoms with E-state index in [4.69, 9.17) is 16.7 Å². The fourth-order valence-electron chi connectivity index (χ4n) is 2.14. The maximum atomic E-state index is 10.7. The van der Waals surface area contributed by atoms with Gasteiger partial charge in [-0.15, -0.1) is 11.6 Å². The minimum absolute atomic E-state index is 0.243. The molecule has 0 aliphatic heterocycles. The fourth-order valence-corrected chi connectivity index (χ4v) is 2.43. The van der Waals surface area contributed by atoms with E-state index in [1.807, 2.05) is 0 Å². The molecule has 1 N–H and O–H groups in total. The number of unbranched alkanes of at least 4 members (excludes halogenated alkanes) is 9. The zero-order valence-corrected chi connectivity index (χ0v) is 12.6. The van der Waals surface area contributed by atoms with E-state index >= 15 is 0 Å². The first-order chi connectivity index (χ1) is 8.72. The lowest BCUT2D eigenvalue weighted by Crippen LogP contribution is -2.14. The molecule has 0 bridgehead atoms. The second kappa shape index (κ2) is 13.2. The summed E-state index contributed by atoms with van der Waals surface area (Å²) in [4.78, 5) is 10.7. The second-order valence-corrected chi connectivity index (χ2v) is 5.47. The Morgan fingerprint density at radius 1 is 0.944 bits per heavy atom. The first-order valence-electron chi connectivity index (χ1n) is 7.51. The topological polar surface area (TPSA) is 37.3 Å². The Morgan fingerprint density at radius 3 is 1.78 bits per heavy atom. The van der Waals surface area contributed by atoms with Crippen molar-refractivity contribution in [2.75, 3.05) is 5.88 Å². The number of hydrogen-bond donors (Lipinski definition) is 1. The van der Waals surface area contributed by atoms with Gasteiger partial charge in [0.2, 0.25) is 0 Å². The van der Waals surface area contributed by atoms with Crippen molar-refractivity contribution in [3.8, 4) is 0 Å². The van der Waals surface area contributed by atoms with Crippen molar-refractivity contribution >= 4 is 17.6 Å². The first-order valence-corrected chi connectivity index (χ1v) is 8.04. The molecular formula is C15H29ClO2.